The molecule has 0 unspecified atom stereocenters. The fraction of sp³-hybridized carbons (Fsp3) is 0.538. The Bertz CT molecular complexity index is 494. The molecule has 0 radical (unpaired) electrons. The Labute approximate surface area is 113 Å². The van der Waals surface area contributed by atoms with Gasteiger partial charge in [0.05, 0.1) is 18.6 Å². The molecule has 5 nitrogen and oxygen atoms in total. The van der Waals surface area contributed by atoms with Gasteiger partial charge in [-0.15, -0.1) is 0 Å². The third kappa shape index (κ3) is 4.40. The number of benzene rings is 1. The first-order chi connectivity index (χ1) is 9.09. The molecule has 1 aliphatic rings. The Morgan fingerprint density at radius 3 is 2.37 bits per heavy atom. The second kappa shape index (κ2) is 6.25. The van der Waals surface area contributed by atoms with Crippen molar-refractivity contribution in [2.45, 2.75) is 0 Å². The molecule has 1 aliphatic heterocycles. The van der Waals surface area contributed by atoms with Crippen LogP contribution in [-0.4, -0.2) is 46.7 Å². The minimum absolute atomic E-state index is 0.0650. The second-order valence-electron chi connectivity index (χ2n) is 4.66. The van der Waals surface area contributed by atoms with Gasteiger partial charge in [0.25, 0.3) is 0 Å². The smallest absolute Gasteiger partial charge is 0.154 e. The van der Waals surface area contributed by atoms with Gasteiger partial charge in [-0.3, -0.25) is 0 Å². The van der Waals surface area contributed by atoms with E-state index >= 15 is 0 Å². The van der Waals surface area contributed by atoms with Crippen molar-refractivity contribution in [2.24, 2.45) is 5.92 Å². The molecule has 0 aliphatic carbocycles. The van der Waals surface area contributed by atoms with Crippen LogP contribution in [0, 0.1) is 5.92 Å². The lowest BCUT2D eigenvalue weighted by atomic mass is 10.1. The minimum atomic E-state index is -3.01. The first kappa shape index (κ1) is 14.1. The molecule has 106 valence electrons. The van der Waals surface area contributed by atoms with Crippen LogP contribution in [0.15, 0.2) is 24.3 Å². The third-order valence-electron chi connectivity index (χ3n) is 3.08. The van der Waals surface area contributed by atoms with Gasteiger partial charge in [0.1, 0.15) is 18.1 Å². The van der Waals surface area contributed by atoms with E-state index in [1.165, 1.54) is 0 Å². The predicted molar refractivity (Wildman–Crippen MR) is 73.5 cm³/mol. The van der Waals surface area contributed by atoms with Crippen molar-refractivity contribution >= 4 is 9.84 Å². The monoisotopic (exact) mass is 285 g/mol. The van der Waals surface area contributed by atoms with Gasteiger partial charge in [-0.2, -0.15) is 0 Å². The quantitative estimate of drug-likeness (QED) is 0.799. The molecule has 0 amide bonds. The SMILES string of the molecule is COc1ccc(OCCS(=O)(=O)CC2CNC2)cc1. The Balaban J connectivity index is 1.75. The summed E-state index contributed by atoms with van der Waals surface area (Å²) in [6.07, 6.45) is 0. The molecule has 1 aromatic carbocycles. The molecule has 0 saturated carbocycles. The van der Waals surface area contributed by atoms with Crippen LogP contribution in [0.5, 0.6) is 11.5 Å². The number of methoxy groups -OCH3 is 1. The summed E-state index contributed by atoms with van der Waals surface area (Å²) in [6, 6.07) is 7.09. The summed E-state index contributed by atoms with van der Waals surface area (Å²) in [4.78, 5) is 0. The van der Waals surface area contributed by atoms with E-state index in [1.54, 1.807) is 31.4 Å². The summed E-state index contributed by atoms with van der Waals surface area (Å²) in [5.74, 6) is 1.99. The molecule has 1 heterocycles. The largest absolute Gasteiger partial charge is 0.497 e. The van der Waals surface area contributed by atoms with Crippen LogP contribution in [-0.2, 0) is 9.84 Å². The van der Waals surface area contributed by atoms with Crippen LogP contribution in [0.25, 0.3) is 0 Å². The zero-order valence-electron chi connectivity index (χ0n) is 11.0. The van der Waals surface area contributed by atoms with Gasteiger partial charge >= 0.3 is 0 Å². The topological polar surface area (TPSA) is 64.6 Å². The Hall–Kier alpha value is -1.27. The van der Waals surface area contributed by atoms with Crippen LogP contribution in [0.4, 0.5) is 0 Å². The number of ether oxygens (including phenoxy) is 2. The van der Waals surface area contributed by atoms with Crippen molar-refractivity contribution in [1.82, 2.24) is 5.32 Å². The molecule has 6 heteroatoms. The highest BCUT2D eigenvalue weighted by Gasteiger charge is 2.24. The molecule has 19 heavy (non-hydrogen) atoms. The molecule has 1 N–H and O–H groups in total. The molecular formula is C13H19NO4S. The molecule has 1 fully saturated rings. The van der Waals surface area contributed by atoms with E-state index in [4.69, 9.17) is 9.47 Å². The average molecular weight is 285 g/mol. The van der Waals surface area contributed by atoms with Gasteiger partial charge in [0.15, 0.2) is 9.84 Å². The molecular weight excluding hydrogens is 266 g/mol. The van der Waals surface area contributed by atoms with Crippen molar-refractivity contribution < 1.29 is 17.9 Å². The van der Waals surface area contributed by atoms with Gasteiger partial charge in [-0.25, -0.2) is 8.42 Å². The fourth-order valence-electron chi connectivity index (χ4n) is 1.87. The van der Waals surface area contributed by atoms with Crippen LogP contribution < -0.4 is 14.8 Å². The minimum Gasteiger partial charge on any atom is -0.497 e. The molecule has 0 bridgehead atoms. The van der Waals surface area contributed by atoms with Gasteiger partial charge in [0.2, 0.25) is 0 Å². The van der Waals surface area contributed by atoms with Crippen molar-refractivity contribution in [3.8, 4) is 11.5 Å². The Kier molecular flexibility index (Phi) is 4.66. The summed E-state index contributed by atoms with van der Waals surface area (Å²) in [7, 11) is -1.42. The maximum atomic E-state index is 11.8. The van der Waals surface area contributed by atoms with Gasteiger partial charge in [-0.1, -0.05) is 0 Å². The lowest BCUT2D eigenvalue weighted by molar-refractivity contribution is 0.337. The highest BCUT2D eigenvalue weighted by molar-refractivity contribution is 7.91. The molecule has 1 saturated heterocycles. The number of hydrogen-bond donors (Lipinski definition) is 1. The van der Waals surface area contributed by atoms with Crippen molar-refractivity contribution in [3.05, 3.63) is 24.3 Å². The Morgan fingerprint density at radius 1 is 1.21 bits per heavy atom. The van der Waals surface area contributed by atoms with E-state index in [-0.39, 0.29) is 24.0 Å². The van der Waals surface area contributed by atoms with Crippen molar-refractivity contribution in [3.63, 3.8) is 0 Å². The third-order valence-corrected chi connectivity index (χ3v) is 4.85. The van der Waals surface area contributed by atoms with E-state index in [9.17, 15) is 8.42 Å². The predicted octanol–water partition coefficient (Wildman–Crippen LogP) is 0.708. The molecule has 1 aromatic rings. The molecule has 0 atom stereocenters. The summed E-state index contributed by atoms with van der Waals surface area (Å²) in [5.41, 5.74) is 0. The molecule has 0 aromatic heterocycles. The van der Waals surface area contributed by atoms with E-state index in [0.29, 0.717) is 5.75 Å². The van der Waals surface area contributed by atoms with E-state index in [1.807, 2.05) is 0 Å². The Morgan fingerprint density at radius 2 is 1.84 bits per heavy atom. The second-order valence-corrected chi connectivity index (χ2v) is 6.89. The molecule has 2 rings (SSSR count). The van der Waals surface area contributed by atoms with E-state index in [0.717, 1.165) is 18.8 Å². The number of nitrogens with one attached hydrogen (secondary N) is 1. The number of sulfone groups is 1. The highest BCUT2D eigenvalue weighted by Crippen LogP contribution is 2.17. The van der Waals surface area contributed by atoms with Crippen LogP contribution in [0.3, 0.4) is 0 Å². The maximum Gasteiger partial charge on any atom is 0.154 e. The summed E-state index contributed by atoms with van der Waals surface area (Å²) < 4.78 is 34.1. The maximum absolute atomic E-state index is 11.8. The van der Waals surface area contributed by atoms with Crippen molar-refractivity contribution in [2.75, 3.05) is 38.3 Å². The van der Waals surface area contributed by atoms with E-state index in [2.05, 4.69) is 5.32 Å². The van der Waals surface area contributed by atoms with Crippen molar-refractivity contribution in [1.29, 1.82) is 0 Å². The summed E-state index contributed by atoms with van der Waals surface area (Å²) in [5, 5.41) is 3.07. The first-order valence-corrected chi connectivity index (χ1v) is 8.09. The lowest BCUT2D eigenvalue weighted by Crippen LogP contribution is -2.46. The summed E-state index contributed by atoms with van der Waals surface area (Å²) in [6.45, 7) is 1.80. The van der Waals surface area contributed by atoms with Crippen LogP contribution >= 0.6 is 0 Å². The van der Waals surface area contributed by atoms with Gasteiger partial charge < -0.3 is 14.8 Å². The standard InChI is InChI=1S/C13H19NO4S/c1-17-12-2-4-13(5-3-12)18-6-7-19(15,16)10-11-8-14-9-11/h2-5,11,14H,6-10H2,1H3. The number of hydrogen-bond acceptors (Lipinski definition) is 5. The number of rotatable bonds is 7. The summed E-state index contributed by atoms with van der Waals surface area (Å²) >= 11 is 0. The fourth-order valence-corrected chi connectivity index (χ4v) is 3.33. The van der Waals surface area contributed by atoms with Gasteiger partial charge in [0, 0.05) is 13.1 Å². The zero-order chi connectivity index (χ0) is 13.7. The normalized spacial score (nSPS) is 15.8. The van der Waals surface area contributed by atoms with Crippen LogP contribution in [0.2, 0.25) is 0 Å². The zero-order valence-corrected chi connectivity index (χ0v) is 11.8. The van der Waals surface area contributed by atoms with E-state index < -0.39 is 9.84 Å². The molecule has 0 spiro atoms. The van der Waals surface area contributed by atoms with Crippen LogP contribution in [0.1, 0.15) is 0 Å². The van der Waals surface area contributed by atoms with Gasteiger partial charge in [-0.05, 0) is 30.2 Å². The highest BCUT2D eigenvalue weighted by atomic mass is 32.2. The average Bonchev–Trinajstić information content (AvgIpc) is 2.35. The first-order valence-electron chi connectivity index (χ1n) is 6.27. The lowest BCUT2D eigenvalue weighted by Gasteiger charge is -2.26.